The Bertz CT molecular complexity index is 795. The maximum absolute atomic E-state index is 11.8. The monoisotopic (exact) mass is 227 g/mol. The van der Waals surface area contributed by atoms with E-state index >= 15 is 0 Å². The van der Waals surface area contributed by atoms with Crippen LogP contribution in [0.2, 0.25) is 0 Å². The normalized spacial score (nSPS) is 11.1. The van der Waals surface area contributed by atoms with Gasteiger partial charge >= 0.3 is 0 Å². The van der Waals surface area contributed by atoms with Crippen molar-refractivity contribution >= 4 is 28.4 Å². The van der Waals surface area contributed by atoms with Crippen molar-refractivity contribution in [1.29, 1.82) is 0 Å². The zero-order valence-corrected chi connectivity index (χ0v) is 9.14. The molecule has 4 heteroatoms. The van der Waals surface area contributed by atoms with Gasteiger partial charge in [-0.2, -0.15) is 0 Å². The van der Waals surface area contributed by atoms with E-state index in [1.54, 1.807) is 17.7 Å². The number of aromatic nitrogens is 1. The number of hydrogen-bond donors (Lipinski definition) is 0. The van der Waals surface area contributed by atoms with E-state index in [2.05, 4.69) is 0 Å². The molecule has 4 nitrogen and oxygen atoms in total. The van der Waals surface area contributed by atoms with Crippen LogP contribution in [-0.2, 0) is 7.05 Å². The molecular formula is C13H9NO3. The predicted molar refractivity (Wildman–Crippen MR) is 64.3 cm³/mol. The van der Waals surface area contributed by atoms with Gasteiger partial charge in [0.1, 0.15) is 5.58 Å². The highest BCUT2D eigenvalue weighted by molar-refractivity contribution is 6.03. The number of benzene rings is 1. The number of para-hydroxylation sites is 1. The highest BCUT2D eigenvalue weighted by Crippen LogP contribution is 2.26. The molecule has 3 rings (SSSR count). The topological polar surface area (TPSA) is 52.2 Å². The molecule has 84 valence electrons. The van der Waals surface area contributed by atoms with Gasteiger partial charge in [0.25, 0.3) is 0 Å². The Morgan fingerprint density at radius 2 is 2.06 bits per heavy atom. The van der Waals surface area contributed by atoms with Gasteiger partial charge in [0.2, 0.25) is 5.43 Å². The number of fused-ring (bicyclic) bond motifs is 3. The van der Waals surface area contributed by atoms with Crippen molar-refractivity contribution in [3.05, 3.63) is 46.2 Å². The summed E-state index contributed by atoms with van der Waals surface area (Å²) >= 11 is 0. The van der Waals surface area contributed by atoms with Gasteiger partial charge in [0.15, 0.2) is 11.9 Å². The average Bonchev–Trinajstić information content (AvgIpc) is 2.73. The highest BCUT2D eigenvalue weighted by atomic mass is 16.3. The molecule has 2 aromatic heterocycles. The Labute approximate surface area is 96.1 Å². The molecule has 0 radical (unpaired) electrons. The Kier molecular flexibility index (Phi) is 1.92. The van der Waals surface area contributed by atoms with Gasteiger partial charge in [0.05, 0.1) is 11.2 Å². The summed E-state index contributed by atoms with van der Waals surface area (Å²) in [6.07, 6.45) is 0.669. The smallest absolute Gasteiger partial charge is 0.225 e. The van der Waals surface area contributed by atoms with E-state index in [1.165, 1.54) is 6.07 Å². The van der Waals surface area contributed by atoms with Crippen LogP contribution >= 0.6 is 0 Å². The van der Waals surface area contributed by atoms with Crippen molar-refractivity contribution in [3.63, 3.8) is 0 Å². The number of aryl methyl sites for hydroxylation is 1. The third-order valence-electron chi connectivity index (χ3n) is 2.92. The third-order valence-corrected chi connectivity index (χ3v) is 2.92. The summed E-state index contributed by atoms with van der Waals surface area (Å²) in [5.41, 5.74) is 1.68. The van der Waals surface area contributed by atoms with Crippen LogP contribution in [0, 0.1) is 0 Å². The van der Waals surface area contributed by atoms with Gasteiger partial charge in [-0.05, 0) is 12.1 Å². The van der Waals surface area contributed by atoms with Gasteiger partial charge in [-0.15, -0.1) is 0 Å². The molecule has 2 heterocycles. The van der Waals surface area contributed by atoms with Crippen LogP contribution in [-0.4, -0.2) is 10.9 Å². The number of rotatable bonds is 1. The minimum Gasteiger partial charge on any atom is -0.450 e. The van der Waals surface area contributed by atoms with E-state index < -0.39 is 0 Å². The van der Waals surface area contributed by atoms with Crippen LogP contribution in [0.25, 0.3) is 22.1 Å². The SMILES string of the molecule is Cn1c(C=O)cc(=O)c2oc3ccccc3c21. The molecule has 0 unspecified atom stereocenters. The van der Waals surface area contributed by atoms with Crippen molar-refractivity contribution in [1.82, 2.24) is 4.57 Å². The molecule has 0 aliphatic carbocycles. The van der Waals surface area contributed by atoms with Crippen LogP contribution in [0.1, 0.15) is 10.5 Å². The second-order valence-corrected chi connectivity index (χ2v) is 3.89. The molecule has 0 aliphatic rings. The molecule has 1 aromatic carbocycles. The van der Waals surface area contributed by atoms with E-state index in [4.69, 9.17) is 4.42 Å². The molecule has 3 aromatic rings. The summed E-state index contributed by atoms with van der Waals surface area (Å²) in [6, 6.07) is 8.67. The molecule has 0 bridgehead atoms. The van der Waals surface area contributed by atoms with Crippen molar-refractivity contribution in [2.24, 2.45) is 7.05 Å². The second kappa shape index (κ2) is 3.31. The Morgan fingerprint density at radius 3 is 2.82 bits per heavy atom. The number of aldehydes is 1. The van der Waals surface area contributed by atoms with Crippen molar-refractivity contribution < 1.29 is 9.21 Å². The standard InChI is InChI=1S/C13H9NO3/c1-14-8(7-15)6-10(16)13-12(14)9-4-2-3-5-11(9)17-13/h2-7H,1H3. The number of hydrogen-bond acceptors (Lipinski definition) is 3. The lowest BCUT2D eigenvalue weighted by molar-refractivity contribution is 0.111. The largest absolute Gasteiger partial charge is 0.450 e. The zero-order chi connectivity index (χ0) is 12.0. The molecule has 0 saturated heterocycles. The summed E-state index contributed by atoms with van der Waals surface area (Å²) < 4.78 is 7.19. The molecule has 17 heavy (non-hydrogen) atoms. The lowest BCUT2D eigenvalue weighted by Crippen LogP contribution is -2.09. The number of nitrogens with zero attached hydrogens (tertiary/aromatic N) is 1. The summed E-state index contributed by atoms with van der Waals surface area (Å²) in [7, 11) is 1.74. The highest BCUT2D eigenvalue weighted by Gasteiger charge is 2.13. The third kappa shape index (κ3) is 1.24. The fraction of sp³-hybridized carbons (Fsp3) is 0.0769. The summed E-state index contributed by atoms with van der Waals surface area (Å²) in [6.45, 7) is 0. The van der Waals surface area contributed by atoms with Crippen molar-refractivity contribution in [2.75, 3.05) is 0 Å². The average molecular weight is 227 g/mol. The van der Waals surface area contributed by atoms with E-state index in [9.17, 15) is 9.59 Å². The molecule has 0 amide bonds. The molecule has 0 fully saturated rings. The first-order chi connectivity index (χ1) is 8.22. The minimum absolute atomic E-state index is 0.267. The van der Waals surface area contributed by atoms with Crippen LogP contribution in [0.5, 0.6) is 0 Å². The molecule has 0 aliphatic heterocycles. The summed E-state index contributed by atoms with van der Waals surface area (Å²) in [5, 5.41) is 0.839. The minimum atomic E-state index is -0.267. The van der Waals surface area contributed by atoms with E-state index in [-0.39, 0.29) is 5.43 Å². The van der Waals surface area contributed by atoms with Gasteiger partial charge in [-0.1, -0.05) is 12.1 Å². The maximum Gasteiger partial charge on any atom is 0.225 e. The number of pyridine rings is 1. The number of furan rings is 1. The number of carbonyl (C=O) groups excluding carboxylic acids is 1. The van der Waals surface area contributed by atoms with Crippen LogP contribution < -0.4 is 5.43 Å². The lowest BCUT2D eigenvalue weighted by Gasteiger charge is -2.03. The fourth-order valence-electron chi connectivity index (χ4n) is 2.07. The number of carbonyl (C=O) groups is 1. The van der Waals surface area contributed by atoms with E-state index in [0.717, 1.165) is 5.39 Å². The first kappa shape index (κ1) is 9.84. The van der Waals surface area contributed by atoms with Gasteiger partial charge in [-0.3, -0.25) is 9.59 Å². The van der Waals surface area contributed by atoms with E-state index in [1.807, 2.05) is 18.2 Å². The fourth-order valence-corrected chi connectivity index (χ4v) is 2.07. The Balaban J connectivity index is 2.67. The van der Waals surface area contributed by atoms with E-state index in [0.29, 0.717) is 28.7 Å². The zero-order valence-electron chi connectivity index (χ0n) is 9.14. The molecule has 0 spiro atoms. The van der Waals surface area contributed by atoms with Gasteiger partial charge in [-0.25, -0.2) is 0 Å². The molecule has 0 saturated carbocycles. The van der Waals surface area contributed by atoms with Crippen LogP contribution in [0.4, 0.5) is 0 Å². The van der Waals surface area contributed by atoms with Crippen LogP contribution in [0.15, 0.2) is 39.5 Å². The molecule has 0 atom stereocenters. The quantitative estimate of drug-likeness (QED) is 0.598. The van der Waals surface area contributed by atoms with Crippen molar-refractivity contribution in [2.45, 2.75) is 0 Å². The molecule has 0 N–H and O–H groups in total. The lowest BCUT2D eigenvalue weighted by atomic mass is 10.2. The maximum atomic E-state index is 11.8. The summed E-state index contributed by atoms with van der Waals surface area (Å²) in [4.78, 5) is 22.7. The first-order valence-electron chi connectivity index (χ1n) is 5.19. The summed E-state index contributed by atoms with van der Waals surface area (Å²) in [5.74, 6) is 0. The van der Waals surface area contributed by atoms with Gasteiger partial charge in [0, 0.05) is 18.5 Å². The first-order valence-corrected chi connectivity index (χ1v) is 5.19. The Morgan fingerprint density at radius 1 is 1.29 bits per heavy atom. The second-order valence-electron chi connectivity index (χ2n) is 3.89. The Hall–Kier alpha value is -2.36. The molecular weight excluding hydrogens is 218 g/mol. The van der Waals surface area contributed by atoms with Crippen molar-refractivity contribution in [3.8, 4) is 0 Å². The predicted octanol–water partition coefficient (Wildman–Crippen LogP) is 2.10. The van der Waals surface area contributed by atoms with Crippen LogP contribution in [0.3, 0.4) is 0 Å². The van der Waals surface area contributed by atoms with Gasteiger partial charge < -0.3 is 8.98 Å².